The molecule has 1 aromatic rings. The first kappa shape index (κ1) is 16.3. The zero-order chi connectivity index (χ0) is 14.4. The Morgan fingerprint density at radius 2 is 2.05 bits per heavy atom. The summed E-state index contributed by atoms with van der Waals surface area (Å²) in [5.41, 5.74) is 3.49. The van der Waals surface area contributed by atoms with Crippen molar-refractivity contribution in [1.82, 2.24) is 4.90 Å². The van der Waals surface area contributed by atoms with E-state index in [1.54, 1.807) is 11.0 Å². The minimum Gasteiger partial charge on any atom is -0.419 e. The molecule has 3 rings (SSSR count). The first-order valence-corrected chi connectivity index (χ1v) is 6.94. The van der Waals surface area contributed by atoms with E-state index in [4.69, 9.17) is 0 Å². The maximum absolute atomic E-state index is 12.4. The van der Waals surface area contributed by atoms with Crippen molar-refractivity contribution in [3.63, 3.8) is 0 Å². The Hall–Kier alpha value is -1.10. The van der Waals surface area contributed by atoms with Crippen LogP contribution in [-0.2, 0) is 4.79 Å². The molecule has 2 aliphatic rings. The summed E-state index contributed by atoms with van der Waals surface area (Å²) in [7, 11) is 0. The predicted molar refractivity (Wildman–Crippen MR) is 77.8 cm³/mol. The molecule has 0 aromatic heterocycles. The Morgan fingerprint density at radius 3 is 2.71 bits per heavy atom. The monoisotopic (exact) mass is 292 g/mol. The minimum absolute atomic E-state index is 0. The fourth-order valence-corrected chi connectivity index (χ4v) is 2.98. The van der Waals surface area contributed by atoms with Crippen LogP contribution in [0.25, 0.3) is 10.9 Å². The molecule has 4 nitrogen and oxygen atoms in total. The number of rotatable bonds is 2. The van der Waals surface area contributed by atoms with E-state index in [0.29, 0.717) is 5.69 Å². The van der Waals surface area contributed by atoms with E-state index in [2.05, 4.69) is 5.32 Å². The Balaban J connectivity index is 0.00000161. The van der Waals surface area contributed by atoms with Gasteiger partial charge >= 0.3 is 29.6 Å². The van der Waals surface area contributed by atoms with E-state index in [1.807, 2.05) is 39.0 Å². The van der Waals surface area contributed by atoms with Crippen LogP contribution in [0.15, 0.2) is 24.3 Å². The SMILES string of the molecule is CCC(C)N1C(=O)[N-]c2cccc3c2C1C(=O)C=C3C.[Na+]. The molecule has 0 spiro atoms. The van der Waals surface area contributed by atoms with E-state index < -0.39 is 6.04 Å². The van der Waals surface area contributed by atoms with Crippen molar-refractivity contribution in [1.29, 1.82) is 0 Å². The second kappa shape index (κ2) is 5.95. The second-order valence-electron chi connectivity index (χ2n) is 5.43. The molecule has 1 aliphatic heterocycles. The molecule has 0 N–H and O–H groups in total. The zero-order valence-corrected chi connectivity index (χ0v) is 14.9. The molecule has 0 saturated heterocycles. The molecule has 104 valence electrons. The maximum atomic E-state index is 12.4. The number of carbonyl (C=O) groups excluding carboxylic acids is 2. The normalized spacial score (nSPS) is 21.0. The number of nitrogens with zero attached hydrogens (tertiary/aromatic N) is 2. The third kappa shape index (κ3) is 2.45. The van der Waals surface area contributed by atoms with Crippen molar-refractivity contribution in [2.45, 2.75) is 39.3 Å². The van der Waals surface area contributed by atoms with Crippen LogP contribution in [0.2, 0.25) is 0 Å². The molecule has 2 amide bonds. The van der Waals surface area contributed by atoms with Crippen molar-refractivity contribution in [2.24, 2.45) is 0 Å². The van der Waals surface area contributed by atoms with Gasteiger partial charge in [-0.25, -0.2) is 0 Å². The summed E-state index contributed by atoms with van der Waals surface area (Å²) >= 11 is 0. The van der Waals surface area contributed by atoms with Crippen LogP contribution in [0.3, 0.4) is 0 Å². The summed E-state index contributed by atoms with van der Waals surface area (Å²) in [4.78, 5) is 26.3. The average molecular weight is 292 g/mol. The molecule has 1 aliphatic carbocycles. The topological polar surface area (TPSA) is 51.5 Å². The van der Waals surface area contributed by atoms with E-state index in [9.17, 15) is 9.59 Å². The molecular weight excluding hydrogens is 275 g/mol. The van der Waals surface area contributed by atoms with Crippen molar-refractivity contribution in [2.75, 3.05) is 0 Å². The summed E-state index contributed by atoms with van der Waals surface area (Å²) in [6, 6.07) is 4.86. The van der Waals surface area contributed by atoms with E-state index in [-0.39, 0.29) is 47.4 Å². The summed E-state index contributed by atoms with van der Waals surface area (Å²) < 4.78 is 0. The smallest absolute Gasteiger partial charge is 0.419 e. The maximum Gasteiger partial charge on any atom is 1.00 e. The van der Waals surface area contributed by atoms with Crippen LogP contribution in [0, 0.1) is 0 Å². The van der Waals surface area contributed by atoms with Gasteiger partial charge in [-0.2, -0.15) is 0 Å². The van der Waals surface area contributed by atoms with Crippen molar-refractivity contribution >= 4 is 23.1 Å². The van der Waals surface area contributed by atoms with Crippen LogP contribution in [0.4, 0.5) is 10.5 Å². The summed E-state index contributed by atoms with van der Waals surface area (Å²) in [5.74, 6) is -0.0222. The first-order chi connectivity index (χ1) is 9.54. The molecule has 1 aromatic carbocycles. The van der Waals surface area contributed by atoms with Gasteiger partial charge in [0.2, 0.25) is 0 Å². The van der Waals surface area contributed by atoms with Crippen LogP contribution in [-0.4, -0.2) is 22.8 Å². The number of allylic oxidation sites excluding steroid dienone is 1. The summed E-state index contributed by atoms with van der Waals surface area (Å²) in [5, 5.41) is 4.17. The number of carbonyl (C=O) groups is 2. The van der Waals surface area contributed by atoms with Crippen molar-refractivity contribution < 1.29 is 39.1 Å². The third-order valence-electron chi connectivity index (χ3n) is 4.19. The molecular formula is C16H17N2NaO2. The van der Waals surface area contributed by atoms with Crippen LogP contribution in [0.1, 0.15) is 44.4 Å². The molecule has 0 bridgehead atoms. The van der Waals surface area contributed by atoms with Gasteiger partial charge in [-0.1, -0.05) is 38.5 Å². The molecule has 1 heterocycles. The second-order valence-corrected chi connectivity index (χ2v) is 5.43. The molecule has 2 atom stereocenters. The Labute approximate surface area is 146 Å². The molecule has 0 radical (unpaired) electrons. The van der Waals surface area contributed by atoms with Gasteiger partial charge < -0.3 is 10.2 Å². The average Bonchev–Trinajstić information content (AvgIpc) is 2.42. The zero-order valence-electron chi connectivity index (χ0n) is 12.9. The van der Waals surface area contributed by atoms with E-state index >= 15 is 0 Å². The first-order valence-electron chi connectivity index (χ1n) is 6.94. The van der Waals surface area contributed by atoms with Crippen molar-refractivity contribution in [3.05, 3.63) is 40.7 Å². The molecule has 0 saturated carbocycles. The number of urea groups is 1. The Kier molecular flexibility index (Phi) is 4.61. The minimum atomic E-state index is -0.509. The van der Waals surface area contributed by atoms with Gasteiger partial charge in [-0.15, -0.1) is 0 Å². The van der Waals surface area contributed by atoms with Gasteiger partial charge in [0.05, 0.1) is 6.04 Å². The predicted octanol–water partition coefficient (Wildman–Crippen LogP) is 0.957. The van der Waals surface area contributed by atoms with Gasteiger partial charge in [0, 0.05) is 0 Å². The molecule has 2 unspecified atom stereocenters. The van der Waals surface area contributed by atoms with Crippen LogP contribution in [0.5, 0.6) is 0 Å². The number of ketones is 1. The van der Waals surface area contributed by atoms with Gasteiger partial charge in [0.1, 0.15) is 0 Å². The number of benzene rings is 1. The Bertz CT molecular complexity index is 639. The van der Waals surface area contributed by atoms with E-state index in [1.165, 1.54) is 0 Å². The van der Waals surface area contributed by atoms with Gasteiger partial charge in [0.15, 0.2) is 11.8 Å². The number of amides is 2. The standard InChI is InChI=1S/C16H18N2O2.Na/c1-4-10(3)18-15-13(19)8-9(2)11-6-5-7-12(14(11)15)17-16(18)20;/h5-8,10,15H,4H2,1-3H3,(H,17,20);/q;+1/p-1. The van der Waals surface area contributed by atoms with Gasteiger partial charge in [0.25, 0.3) is 0 Å². The number of hydrogen-bond donors (Lipinski definition) is 0. The fourth-order valence-electron chi connectivity index (χ4n) is 2.98. The van der Waals surface area contributed by atoms with Crippen molar-refractivity contribution in [3.8, 4) is 0 Å². The van der Waals surface area contributed by atoms with Crippen LogP contribution >= 0.6 is 0 Å². The molecule has 21 heavy (non-hydrogen) atoms. The summed E-state index contributed by atoms with van der Waals surface area (Å²) in [6.45, 7) is 5.89. The van der Waals surface area contributed by atoms with E-state index in [0.717, 1.165) is 23.1 Å². The summed E-state index contributed by atoms with van der Waals surface area (Å²) in [6.07, 6.45) is 2.44. The molecule has 5 heteroatoms. The van der Waals surface area contributed by atoms with Gasteiger partial charge in [-0.3, -0.25) is 9.59 Å². The quantitative estimate of drug-likeness (QED) is 0.762. The Morgan fingerprint density at radius 1 is 1.33 bits per heavy atom. The largest absolute Gasteiger partial charge is 1.00 e. The fraction of sp³-hybridized carbons (Fsp3) is 0.375. The number of hydrogen-bond acceptors (Lipinski definition) is 2. The van der Waals surface area contributed by atoms with Gasteiger partial charge in [-0.05, 0) is 41.4 Å². The third-order valence-corrected chi connectivity index (χ3v) is 4.19. The molecule has 0 fully saturated rings. The van der Waals surface area contributed by atoms with Crippen LogP contribution < -0.4 is 29.6 Å².